The maximum absolute atomic E-state index is 3.47. The molecule has 0 radical (unpaired) electrons. The van der Waals surface area contributed by atoms with E-state index in [-0.39, 0.29) is 0 Å². The Morgan fingerprint density at radius 1 is 1.15 bits per heavy atom. The van der Waals surface area contributed by atoms with Crippen LogP contribution in [0.4, 0.5) is 0 Å². The fraction of sp³-hybridized carbons (Fsp3) is 1.00. The van der Waals surface area contributed by atoms with Crippen LogP contribution in [0.15, 0.2) is 0 Å². The van der Waals surface area contributed by atoms with Crippen LogP contribution in [-0.4, -0.2) is 13.1 Å². The molecule has 0 heterocycles. The third kappa shape index (κ3) is 2.07. The monoisotopic (exact) mass is 181 g/mol. The average molecular weight is 181 g/mol. The van der Waals surface area contributed by atoms with Gasteiger partial charge in [-0.25, -0.2) is 0 Å². The van der Waals surface area contributed by atoms with Gasteiger partial charge in [-0.2, -0.15) is 0 Å². The van der Waals surface area contributed by atoms with Crippen LogP contribution in [0.5, 0.6) is 0 Å². The summed E-state index contributed by atoms with van der Waals surface area (Å²) < 4.78 is 0. The minimum atomic E-state index is 0.832. The van der Waals surface area contributed by atoms with E-state index in [1.165, 1.54) is 51.5 Å². The molecular formula is C12H23N. The van der Waals surface area contributed by atoms with Gasteiger partial charge in [-0.15, -0.1) is 0 Å². The summed E-state index contributed by atoms with van der Waals surface area (Å²) in [7, 11) is 0. The summed E-state index contributed by atoms with van der Waals surface area (Å²) in [5.74, 6) is 1.01. The number of nitrogens with one attached hydrogen (secondary N) is 1. The lowest BCUT2D eigenvalue weighted by molar-refractivity contribution is 0.0156. The van der Waals surface area contributed by atoms with Crippen LogP contribution >= 0.6 is 0 Å². The highest BCUT2D eigenvalue weighted by Gasteiger charge is 2.43. The standard InChI is InChI=1S/C12H23N/c1-2-13-10-11-8-12(9-11)6-4-3-5-7-12/h11,13H,2-10H2,1H3. The first kappa shape index (κ1) is 9.51. The minimum Gasteiger partial charge on any atom is -0.317 e. The lowest BCUT2D eigenvalue weighted by atomic mass is 9.56. The first-order chi connectivity index (χ1) is 6.35. The van der Waals surface area contributed by atoms with Gasteiger partial charge < -0.3 is 5.32 Å². The minimum absolute atomic E-state index is 0.832. The third-order valence-corrected chi connectivity index (χ3v) is 4.04. The molecule has 0 saturated heterocycles. The zero-order valence-electron chi connectivity index (χ0n) is 8.94. The summed E-state index contributed by atoms with van der Waals surface area (Å²) in [6.45, 7) is 4.62. The second-order valence-electron chi connectivity index (χ2n) is 5.14. The topological polar surface area (TPSA) is 12.0 Å². The molecule has 0 aromatic heterocycles. The van der Waals surface area contributed by atoms with Crippen LogP contribution in [0.3, 0.4) is 0 Å². The summed E-state index contributed by atoms with van der Waals surface area (Å²) >= 11 is 0. The van der Waals surface area contributed by atoms with Crippen LogP contribution in [0, 0.1) is 11.3 Å². The van der Waals surface area contributed by atoms with Crippen LogP contribution in [0.25, 0.3) is 0 Å². The molecule has 0 atom stereocenters. The average Bonchev–Trinajstić information content (AvgIpc) is 2.13. The Morgan fingerprint density at radius 2 is 1.85 bits per heavy atom. The van der Waals surface area contributed by atoms with E-state index in [4.69, 9.17) is 0 Å². The molecule has 1 N–H and O–H groups in total. The van der Waals surface area contributed by atoms with Gasteiger partial charge in [0.15, 0.2) is 0 Å². The Morgan fingerprint density at radius 3 is 2.46 bits per heavy atom. The van der Waals surface area contributed by atoms with Gasteiger partial charge >= 0.3 is 0 Å². The van der Waals surface area contributed by atoms with Crippen LogP contribution in [0.1, 0.15) is 51.9 Å². The predicted octanol–water partition coefficient (Wildman–Crippen LogP) is 2.96. The van der Waals surface area contributed by atoms with E-state index in [2.05, 4.69) is 12.2 Å². The van der Waals surface area contributed by atoms with Gasteiger partial charge in [-0.1, -0.05) is 26.2 Å². The van der Waals surface area contributed by atoms with Gasteiger partial charge in [0.25, 0.3) is 0 Å². The molecule has 2 aliphatic carbocycles. The number of hydrogen-bond acceptors (Lipinski definition) is 1. The van der Waals surface area contributed by atoms with E-state index in [1.807, 2.05) is 0 Å². The van der Waals surface area contributed by atoms with Crippen molar-refractivity contribution in [2.45, 2.75) is 51.9 Å². The Hall–Kier alpha value is -0.0400. The van der Waals surface area contributed by atoms with Gasteiger partial charge in [-0.3, -0.25) is 0 Å². The zero-order valence-corrected chi connectivity index (χ0v) is 8.94. The normalized spacial score (nSPS) is 27.5. The number of rotatable bonds is 3. The summed E-state index contributed by atoms with van der Waals surface area (Å²) in [6.07, 6.45) is 10.6. The van der Waals surface area contributed by atoms with Gasteiger partial charge in [-0.05, 0) is 50.1 Å². The first-order valence-electron chi connectivity index (χ1n) is 6.05. The molecular weight excluding hydrogens is 158 g/mol. The summed E-state index contributed by atoms with van der Waals surface area (Å²) in [4.78, 5) is 0. The van der Waals surface area contributed by atoms with Crippen molar-refractivity contribution >= 4 is 0 Å². The van der Waals surface area contributed by atoms with Crippen molar-refractivity contribution < 1.29 is 0 Å². The Bertz CT molecular complexity index is 151. The van der Waals surface area contributed by atoms with Gasteiger partial charge in [0.05, 0.1) is 0 Å². The first-order valence-corrected chi connectivity index (χ1v) is 6.05. The van der Waals surface area contributed by atoms with Crippen LogP contribution in [0.2, 0.25) is 0 Å². The second kappa shape index (κ2) is 4.00. The van der Waals surface area contributed by atoms with Gasteiger partial charge in [0.2, 0.25) is 0 Å². The highest BCUT2D eigenvalue weighted by atomic mass is 14.9. The molecule has 0 amide bonds. The van der Waals surface area contributed by atoms with Crippen LogP contribution < -0.4 is 5.32 Å². The van der Waals surface area contributed by atoms with E-state index < -0.39 is 0 Å². The molecule has 0 unspecified atom stereocenters. The molecule has 0 bridgehead atoms. The van der Waals surface area contributed by atoms with Crippen LogP contribution in [-0.2, 0) is 0 Å². The second-order valence-corrected chi connectivity index (χ2v) is 5.14. The third-order valence-electron chi connectivity index (χ3n) is 4.04. The quantitative estimate of drug-likeness (QED) is 0.706. The molecule has 2 rings (SSSR count). The summed E-state index contributed by atoms with van der Waals surface area (Å²) in [6, 6.07) is 0. The van der Waals surface area contributed by atoms with E-state index in [0.29, 0.717) is 0 Å². The van der Waals surface area contributed by atoms with Gasteiger partial charge in [0.1, 0.15) is 0 Å². The lowest BCUT2D eigenvalue weighted by Crippen LogP contribution is -2.43. The van der Waals surface area contributed by atoms with Crippen molar-refractivity contribution in [3.63, 3.8) is 0 Å². The maximum atomic E-state index is 3.47. The molecule has 13 heavy (non-hydrogen) atoms. The molecule has 2 aliphatic rings. The van der Waals surface area contributed by atoms with Crippen molar-refractivity contribution in [1.82, 2.24) is 5.32 Å². The molecule has 0 aromatic carbocycles. The van der Waals surface area contributed by atoms with Crippen molar-refractivity contribution in [2.24, 2.45) is 11.3 Å². The SMILES string of the molecule is CCNCC1CC2(CCCCC2)C1. The maximum Gasteiger partial charge on any atom is -0.00202 e. The van der Waals surface area contributed by atoms with Crippen molar-refractivity contribution in [1.29, 1.82) is 0 Å². The Labute approximate surface area is 82.3 Å². The fourth-order valence-corrected chi connectivity index (χ4v) is 3.37. The Balaban J connectivity index is 1.69. The highest BCUT2D eigenvalue weighted by molar-refractivity contribution is 4.95. The molecule has 2 fully saturated rings. The molecule has 0 aromatic rings. The molecule has 2 saturated carbocycles. The predicted molar refractivity (Wildman–Crippen MR) is 56.8 cm³/mol. The van der Waals surface area contributed by atoms with Crippen molar-refractivity contribution in [2.75, 3.05) is 13.1 Å². The smallest absolute Gasteiger partial charge is 0.00202 e. The molecule has 0 aliphatic heterocycles. The summed E-state index contributed by atoms with van der Waals surface area (Å²) in [5.41, 5.74) is 0.832. The van der Waals surface area contributed by atoms with Crippen molar-refractivity contribution in [3.05, 3.63) is 0 Å². The van der Waals surface area contributed by atoms with E-state index in [9.17, 15) is 0 Å². The Kier molecular flexibility index (Phi) is 2.92. The zero-order chi connectivity index (χ0) is 9.15. The lowest BCUT2D eigenvalue weighted by Gasteiger charge is -2.50. The summed E-state index contributed by atoms with van der Waals surface area (Å²) in [5, 5.41) is 3.47. The van der Waals surface area contributed by atoms with Crippen molar-refractivity contribution in [3.8, 4) is 0 Å². The van der Waals surface area contributed by atoms with E-state index in [1.54, 1.807) is 0 Å². The molecule has 1 spiro atoms. The fourth-order valence-electron chi connectivity index (χ4n) is 3.37. The van der Waals surface area contributed by atoms with Gasteiger partial charge in [0, 0.05) is 0 Å². The molecule has 1 nitrogen and oxygen atoms in total. The van der Waals surface area contributed by atoms with E-state index >= 15 is 0 Å². The molecule has 76 valence electrons. The largest absolute Gasteiger partial charge is 0.317 e. The molecule has 1 heteroatoms. The number of hydrogen-bond donors (Lipinski definition) is 1. The highest BCUT2D eigenvalue weighted by Crippen LogP contribution is 2.54. The van der Waals surface area contributed by atoms with E-state index in [0.717, 1.165) is 17.9 Å².